The van der Waals surface area contributed by atoms with Crippen LogP contribution in [-0.2, 0) is 0 Å². The second-order valence-corrected chi connectivity index (χ2v) is 6.16. The van der Waals surface area contributed by atoms with Crippen LogP contribution in [0.1, 0.15) is 10.4 Å². The number of nitrogens with zero attached hydrogens (tertiary/aromatic N) is 5. The Balaban J connectivity index is 1.75. The first-order valence-electron chi connectivity index (χ1n) is 7.40. The van der Waals surface area contributed by atoms with Crippen LogP contribution in [0.3, 0.4) is 0 Å². The highest BCUT2D eigenvalue weighted by Crippen LogP contribution is 2.24. The van der Waals surface area contributed by atoms with E-state index in [1.54, 1.807) is 18.3 Å². The summed E-state index contributed by atoms with van der Waals surface area (Å²) in [4.78, 5) is 17.2. The molecular weight excluding hydrogens is 384 g/mol. The molecule has 0 aliphatic rings. The Morgan fingerprint density at radius 1 is 1.12 bits per heavy atom. The van der Waals surface area contributed by atoms with Crippen LogP contribution in [0, 0.1) is 0 Å². The predicted molar refractivity (Wildman–Crippen MR) is 96.6 cm³/mol. The van der Waals surface area contributed by atoms with Crippen LogP contribution < -0.4 is 5.32 Å². The summed E-state index contributed by atoms with van der Waals surface area (Å²) in [5.41, 5.74) is 2.54. The highest BCUT2D eigenvalue weighted by Gasteiger charge is 2.15. The fourth-order valence-corrected chi connectivity index (χ4v) is 2.92. The zero-order valence-electron chi connectivity index (χ0n) is 12.8. The molecule has 2 aromatic heterocycles. The smallest absolute Gasteiger partial charge is 0.257 e. The number of fused-ring (bicyclic) bond motifs is 1. The van der Waals surface area contributed by atoms with Gasteiger partial charge in [0.2, 0.25) is 0 Å². The summed E-state index contributed by atoms with van der Waals surface area (Å²) in [6.07, 6.45) is 3.17. The lowest BCUT2D eigenvalue weighted by Gasteiger charge is -2.11. The summed E-state index contributed by atoms with van der Waals surface area (Å²) >= 11 is 3.40. The van der Waals surface area contributed by atoms with Gasteiger partial charge in [-0.2, -0.15) is 4.68 Å². The van der Waals surface area contributed by atoms with E-state index in [2.05, 4.69) is 41.8 Å². The average Bonchev–Trinajstić information content (AvgIpc) is 3.16. The lowest BCUT2D eigenvalue weighted by molar-refractivity contribution is 0.102. The molecule has 0 aliphatic carbocycles. The number of carbonyl (C=O) groups excluding carboxylic acids is 1. The normalized spacial score (nSPS) is 10.8. The fraction of sp³-hybridized carbons (Fsp3) is 0. The fourth-order valence-electron chi connectivity index (χ4n) is 2.56. The lowest BCUT2D eigenvalue weighted by atomic mass is 10.1. The Morgan fingerprint density at radius 3 is 2.88 bits per heavy atom. The Hall–Kier alpha value is -3.13. The molecule has 122 valence electrons. The molecular formula is C17H11BrN6O. The van der Waals surface area contributed by atoms with Crippen LogP contribution >= 0.6 is 15.9 Å². The van der Waals surface area contributed by atoms with Crippen LogP contribution in [0.25, 0.3) is 16.6 Å². The van der Waals surface area contributed by atoms with Gasteiger partial charge in [-0.15, -0.1) is 5.10 Å². The van der Waals surface area contributed by atoms with Crippen LogP contribution in [-0.4, -0.2) is 31.1 Å². The molecule has 0 saturated carbocycles. The molecule has 0 unspecified atom stereocenters. The zero-order chi connectivity index (χ0) is 17.2. The van der Waals surface area contributed by atoms with Crippen molar-refractivity contribution in [1.29, 1.82) is 0 Å². The molecule has 0 aliphatic heterocycles. The molecule has 1 N–H and O–H groups in total. The first-order valence-corrected chi connectivity index (χ1v) is 8.20. The first kappa shape index (κ1) is 15.4. The zero-order valence-corrected chi connectivity index (χ0v) is 14.4. The summed E-state index contributed by atoms with van der Waals surface area (Å²) in [5.74, 6) is -0.261. The van der Waals surface area contributed by atoms with Crippen molar-refractivity contribution in [3.63, 3.8) is 0 Å². The number of pyridine rings is 1. The number of halogens is 1. The van der Waals surface area contributed by atoms with Gasteiger partial charge in [0.15, 0.2) is 0 Å². The van der Waals surface area contributed by atoms with Gasteiger partial charge in [0.25, 0.3) is 5.91 Å². The van der Waals surface area contributed by atoms with Crippen molar-refractivity contribution < 1.29 is 4.79 Å². The topological polar surface area (TPSA) is 85.6 Å². The van der Waals surface area contributed by atoms with Crippen LogP contribution in [0.5, 0.6) is 0 Å². The van der Waals surface area contributed by atoms with Crippen molar-refractivity contribution >= 4 is 38.4 Å². The maximum Gasteiger partial charge on any atom is 0.257 e. The molecule has 4 aromatic rings. The van der Waals surface area contributed by atoms with Gasteiger partial charge in [0, 0.05) is 16.1 Å². The van der Waals surface area contributed by atoms with E-state index in [1.165, 1.54) is 11.0 Å². The summed E-state index contributed by atoms with van der Waals surface area (Å²) in [6, 6.07) is 14.7. The van der Waals surface area contributed by atoms with Crippen molar-refractivity contribution in [1.82, 2.24) is 25.2 Å². The highest BCUT2D eigenvalue weighted by molar-refractivity contribution is 9.10. The molecule has 0 fully saturated rings. The van der Waals surface area contributed by atoms with E-state index in [0.717, 1.165) is 15.4 Å². The molecule has 8 heteroatoms. The number of hydrogen-bond donors (Lipinski definition) is 1. The molecule has 0 atom stereocenters. The van der Waals surface area contributed by atoms with Gasteiger partial charge in [-0.25, -0.2) is 0 Å². The van der Waals surface area contributed by atoms with Gasteiger partial charge < -0.3 is 5.32 Å². The maximum atomic E-state index is 12.9. The van der Waals surface area contributed by atoms with Crippen LogP contribution in [0.4, 0.5) is 5.69 Å². The Bertz CT molecular complexity index is 1060. The monoisotopic (exact) mass is 394 g/mol. The Morgan fingerprint density at radius 2 is 2.04 bits per heavy atom. The SMILES string of the molecule is O=C(Nc1cccc2ncccc12)c1cc(Br)ccc1-n1cnnn1. The summed E-state index contributed by atoms with van der Waals surface area (Å²) in [6.45, 7) is 0. The van der Waals surface area contributed by atoms with Gasteiger partial charge >= 0.3 is 0 Å². The van der Waals surface area contributed by atoms with E-state index in [9.17, 15) is 4.79 Å². The number of tetrazole rings is 1. The number of anilines is 1. The van der Waals surface area contributed by atoms with E-state index in [1.807, 2.05) is 36.4 Å². The van der Waals surface area contributed by atoms with Crippen LogP contribution in [0.15, 0.2) is 65.5 Å². The van der Waals surface area contributed by atoms with Gasteiger partial charge in [-0.05, 0) is 52.9 Å². The molecule has 25 heavy (non-hydrogen) atoms. The molecule has 2 heterocycles. The van der Waals surface area contributed by atoms with Gasteiger partial charge in [0.05, 0.1) is 22.5 Å². The van der Waals surface area contributed by atoms with Crippen molar-refractivity contribution in [3.8, 4) is 5.69 Å². The van der Waals surface area contributed by atoms with Gasteiger partial charge in [-0.1, -0.05) is 22.0 Å². The third-order valence-electron chi connectivity index (χ3n) is 3.69. The van der Waals surface area contributed by atoms with Crippen LogP contribution in [0.2, 0.25) is 0 Å². The Kier molecular flexibility index (Phi) is 3.95. The minimum absolute atomic E-state index is 0.261. The predicted octanol–water partition coefficient (Wildman–Crippen LogP) is 3.23. The van der Waals surface area contributed by atoms with Crippen molar-refractivity contribution in [2.24, 2.45) is 0 Å². The third kappa shape index (κ3) is 2.99. The molecule has 0 spiro atoms. The van der Waals surface area contributed by atoms with Crippen molar-refractivity contribution in [3.05, 3.63) is 71.1 Å². The Labute approximate surface area is 150 Å². The lowest BCUT2D eigenvalue weighted by Crippen LogP contribution is -2.15. The van der Waals surface area contributed by atoms with E-state index < -0.39 is 0 Å². The average molecular weight is 395 g/mol. The molecule has 1 amide bonds. The second-order valence-electron chi connectivity index (χ2n) is 5.25. The third-order valence-corrected chi connectivity index (χ3v) is 4.19. The number of aromatic nitrogens is 5. The molecule has 7 nitrogen and oxygen atoms in total. The number of benzene rings is 2. The van der Waals surface area contributed by atoms with E-state index in [-0.39, 0.29) is 5.91 Å². The highest BCUT2D eigenvalue weighted by atomic mass is 79.9. The number of hydrogen-bond acceptors (Lipinski definition) is 5. The second kappa shape index (κ2) is 6.40. The summed E-state index contributed by atoms with van der Waals surface area (Å²) in [5, 5.41) is 14.9. The molecule has 4 rings (SSSR count). The van der Waals surface area contributed by atoms with Crippen molar-refractivity contribution in [2.45, 2.75) is 0 Å². The van der Waals surface area contributed by atoms with E-state index in [4.69, 9.17) is 0 Å². The minimum atomic E-state index is -0.261. The number of rotatable bonds is 3. The summed E-state index contributed by atoms with van der Waals surface area (Å²) < 4.78 is 2.24. The molecule has 0 bridgehead atoms. The number of nitrogens with one attached hydrogen (secondary N) is 1. The maximum absolute atomic E-state index is 12.9. The van der Waals surface area contributed by atoms with Gasteiger partial charge in [0.1, 0.15) is 6.33 Å². The molecule has 0 radical (unpaired) electrons. The van der Waals surface area contributed by atoms with Crippen molar-refractivity contribution in [2.75, 3.05) is 5.32 Å². The minimum Gasteiger partial charge on any atom is -0.321 e. The first-order chi connectivity index (χ1) is 12.2. The number of amides is 1. The number of carbonyl (C=O) groups is 1. The largest absolute Gasteiger partial charge is 0.321 e. The van der Waals surface area contributed by atoms with E-state index in [0.29, 0.717) is 16.9 Å². The van der Waals surface area contributed by atoms with E-state index >= 15 is 0 Å². The molecule has 2 aromatic carbocycles. The quantitative estimate of drug-likeness (QED) is 0.576. The standard InChI is InChI=1S/C17H11BrN6O/c18-11-6-7-16(24-10-20-22-23-24)13(9-11)17(25)21-15-5-1-4-14-12(15)3-2-8-19-14/h1-10H,(H,21,25). The summed E-state index contributed by atoms with van der Waals surface area (Å²) in [7, 11) is 0. The molecule has 0 saturated heterocycles. The van der Waals surface area contributed by atoms with Gasteiger partial charge in [-0.3, -0.25) is 9.78 Å².